The van der Waals surface area contributed by atoms with Gasteiger partial charge in [-0.25, -0.2) is 0 Å². The lowest BCUT2D eigenvalue weighted by Crippen LogP contribution is -2.45. The summed E-state index contributed by atoms with van der Waals surface area (Å²) in [5, 5.41) is 3.42. The zero-order valence-corrected chi connectivity index (χ0v) is 13.6. The highest BCUT2D eigenvalue weighted by Gasteiger charge is 2.45. The van der Waals surface area contributed by atoms with Gasteiger partial charge in [0.2, 0.25) is 5.91 Å². The van der Waals surface area contributed by atoms with Crippen LogP contribution in [0.25, 0.3) is 0 Å². The number of amides is 1. The van der Waals surface area contributed by atoms with Crippen molar-refractivity contribution in [3.63, 3.8) is 0 Å². The topological polar surface area (TPSA) is 32.3 Å². The second kappa shape index (κ2) is 5.13. The van der Waals surface area contributed by atoms with Crippen LogP contribution >= 0.6 is 0 Å². The van der Waals surface area contributed by atoms with Crippen LogP contribution in [0.4, 0.5) is 0 Å². The Balaban J connectivity index is 1.96. The molecule has 1 aromatic rings. The average molecular weight is 286 g/mol. The predicted octanol–water partition coefficient (Wildman–Crippen LogP) is 3.31. The summed E-state index contributed by atoms with van der Waals surface area (Å²) in [4.78, 5) is 14.6. The van der Waals surface area contributed by atoms with E-state index in [1.54, 1.807) is 0 Å². The second-order valence-corrected chi connectivity index (χ2v) is 7.34. The summed E-state index contributed by atoms with van der Waals surface area (Å²) in [7, 11) is 0. The van der Waals surface area contributed by atoms with Crippen molar-refractivity contribution in [1.29, 1.82) is 0 Å². The Morgan fingerprint density at radius 1 is 1.29 bits per heavy atom. The number of benzene rings is 1. The molecule has 1 saturated heterocycles. The molecule has 3 nitrogen and oxygen atoms in total. The number of rotatable bonds is 2. The Bertz CT molecular complexity index is 564. The van der Waals surface area contributed by atoms with Gasteiger partial charge in [0, 0.05) is 6.04 Å². The molecule has 114 valence electrons. The molecule has 1 N–H and O–H groups in total. The van der Waals surface area contributed by atoms with Crippen LogP contribution in [0.2, 0.25) is 0 Å². The molecule has 2 aliphatic rings. The maximum Gasteiger partial charge on any atom is 0.238 e. The molecular formula is C18H26N2O. The first-order valence-electron chi connectivity index (χ1n) is 8.02. The summed E-state index contributed by atoms with van der Waals surface area (Å²) in [6.45, 7) is 9.32. The van der Waals surface area contributed by atoms with Crippen LogP contribution in [0.15, 0.2) is 18.2 Å². The third kappa shape index (κ3) is 2.48. The second-order valence-electron chi connectivity index (χ2n) is 7.34. The summed E-state index contributed by atoms with van der Waals surface area (Å²) < 4.78 is 0. The SMILES string of the molecule is Cc1ccc(C2NCC(=O)N2C2CCCC2(C)C)c(C)c1. The molecule has 1 heterocycles. The predicted molar refractivity (Wildman–Crippen MR) is 84.9 cm³/mol. The number of nitrogens with zero attached hydrogens (tertiary/aromatic N) is 1. The Morgan fingerprint density at radius 3 is 2.67 bits per heavy atom. The molecular weight excluding hydrogens is 260 g/mol. The van der Waals surface area contributed by atoms with Gasteiger partial charge < -0.3 is 4.90 Å². The third-order valence-electron chi connectivity index (χ3n) is 5.27. The highest BCUT2D eigenvalue weighted by atomic mass is 16.2. The van der Waals surface area contributed by atoms with E-state index in [9.17, 15) is 4.79 Å². The van der Waals surface area contributed by atoms with Crippen LogP contribution in [-0.2, 0) is 4.79 Å². The first-order chi connectivity index (χ1) is 9.90. The van der Waals surface area contributed by atoms with Gasteiger partial charge in [0.05, 0.1) is 6.54 Å². The quantitative estimate of drug-likeness (QED) is 0.904. The summed E-state index contributed by atoms with van der Waals surface area (Å²) >= 11 is 0. The maximum atomic E-state index is 12.5. The minimum atomic E-state index is 0.0421. The van der Waals surface area contributed by atoms with Crippen molar-refractivity contribution in [3.05, 3.63) is 34.9 Å². The molecule has 3 heteroatoms. The van der Waals surface area contributed by atoms with E-state index in [1.807, 2.05) is 0 Å². The van der Waals surface area contributed by atoms with E-state index < -0.39 is 0 Å². The largest absolute Gasteiger partial charge is 0.318 e. The fourth-order valence-electron chi connectivity index (χ4n) is 4.09. The van der Waals surface area contributed by atoms with Gasteiger partial charge in [-0.3, -0.25) is 10.1 Å². The summed E-state index contributed by atoms with van der Waals surface area (Å²) in [6.07, 6.45) is 3.60. The van der Waals surface area contributed by atoms with E-state index in [0.717, 1.165) is 6.42 Å². The molecule has 0 bridgehead atoms. The van der Waals surface area contributed by atoms with Crippen molar-refractivity contribution in [1.82, 2.24) is 10.2 Å². The first-order valence-corrected chi connectivity index (χ1v) is 8.02. The summed E-state index contributed by atoms with van der Waals surface area (Å²) in [5.74, 6) is 0.250. The van der Waals surface area contributed by atoms with E-state index in [0.29, 0.717) is 12.6 Å². The smallest absolute Gasteiger partial charge is 0.238 e. The Hall–Kier alpha value is -1.35. The van der Waals surface area contributed by atoms with Gasteiger partial charge in [-0.05, 0) is 43.2 Å². The highest BCUT2D eigenvalue weighted by molar-refractivity contribution is 5.81. The van der Waals surface area contributed by atoms with E-state index in [1.165, 1.54) is 29.5 Å². The fraction of sp³-hybridized carbons (Fsp3) is 0.611. The van der Waals surface area contributed by atoms with Gasteiger partial charge in [0.15, 0.2) is 0 Å². The number of carbonyl (C=O) groups is 1. The first kappa shape index (κ1) is 14.6. The molecule has 1 aliphatic heterocycles. The summed E-state index contributed by atoms with van der Waals surface area (Å²) in [6, 6.07) is 6.88. The number of aryl methyl sites for hydroxylation is 2. The normalized spacial score (nSPS) is 28.4. The minimum absolute atomic E-state index is 0.0421. The molecule has 21 heavy (non-hydrogen) atoms. The monoisotopic (exact) mass is 286 g/mol. The van der Waals surface area contributed by atoms with E-state index in [-0.39, 0.29) is 17.5 Å². The zero-order valence-electron chi connectivity index (χ0n) is 13.6. The average Bonchev–Trinajstić information content (AvgIpc) is 2.92. The molecule has 2 atom stereocenters. The van der Waals surface area contributed by atoms with Gasteiger partial charge in [0.1, 0.15) is 6.17 Å². The molecule has 0 spiro atoms. The van der Waals surface area contributed by atoms with E-state index in [4.69, 9.17) is 0 Å². The maximum absolute atomic E-state index is 12.5. The number of hydrogen-bond acceptors (Lipinski definition) is 2. The lowest BCUT2D eigenvalue weighted by atomic mass is 9.85. The number of nitrogens with one attached hydrogen (secondary N) is 1. The highest BCUT2D eigenvalue weighted by Crippen LogP contribution is 2.44. The Labute approximate surface area is 127 Å². The molecule has 1 saturated carbocycles. The molecule has 0 aromatic heterocycles. The molecule has 0 radical (unpaired) electrons. The van der Waals surface area contributed by atoms with Crippen molar-refractivity contribution < 1.29 is 4.79 Å². The van der Waals surface area contributed by atoms with Gasteiger partial charge in [-0.2, -0.15) is 0 Å². The number of hydrogen-bond donors (Lipinski definition) is 1. The molecule has 2 fully saturated rings. The Morgan fingerprint density at radius 2 is 2.05 bits per heavy atom. The van der Waals surface area contributed by atoms with E-state index >= 15 is 0 Å². The zero-order chi connectivity index (χ0) is 15.2. The van der Waals surface area contributed by atoms with Crippen molar-refractivity contribution in [2.75, 3.05) is 6.54 Å². The van der Waals surface area contributed by atoms with Crippen LogP contribution in [-0.4, -0.2) is 23.4 Å². The molecule has 1 aliphatic carbocycles. The van der Waals surface area contributed by atoms with Gasteiger partial charge in [-0.1, -0.05) is 44.0 Å². The van der Waals surface area contributed by atoms with Crippen LogP contribution in [0.3, 0.4) is 0 Å². The van der Waals surface area contributed by atoms with Gasteiger partial charge >= 0.3 is 0 Å². The summed E-state index contributed by atoms with van der Waals surface area (Å²) in [5.41, 5.74) is 4.00. The fourth-order valence-corrected chi connectivity index (χ4v) is 4.09. The lowest BCUT2D eigenvalue weighted by molar-refractivity contribution is -0.132. The van der Waals surface area contributed by atoms with Crippen LogP contribution in [0, 0.1) is 19.3 Å². The number of carbonyl (C=O) groups excluding carboxylic acids is 1. The Kier molecular flexibility index (Phi) is 3.56. The standard InChI is InChI=1S/C18H26N2O/c1-12-7-8-14(13(2)10-12)17-19-11-16(21)20(17)15-6-5-9-18(15,3)4/h7-8,10,15,17,19H,5-6,9,11H2,1-4H3. The van der Waals surface area contributed by atoms with Gasteiger partial charge in [-0.15, -0.1) is 0 Å². The van der Waals surface area contributed by atoms with Gasteiger partial charge in [0.25, 0.3) is 0 Å². The van der Waals surface area contributed by atoms with Crippen molar-refractivity contribution >= 4 is 5.91 Å². The van der Waals surface area contributed by atoms with Crippen LogP contribution in [0.1, 0.15) is 56.0 Å². The third-order valence-corrected chi connectivity index (χ3v) is 5.27. The van der Waals surface area contributed by atoms with E-state index in [2.05, 4.69) is 56.1 Å². The van der Waals surface area contributed by atoms with Crippen LogP contribution < -0.4 is 5.32 Å². The molecule has 1 aromatic carbocycles. The van der Waals surface area contributed by atoms with Crippen molar-refractivity contribution in [3.8, 4) is 0 Å². The molecule has 3 rings (SSSR count). The van der Waals surface area contributed by atoms with Crippen molar-refractivity contribution in [2.45, 2.75) is 59.2 Å². The van der Waals surface area contributed by atoms with Crippen LogP contribution in [0.5, 0.6) is 0 Å². The lowest BCUT2D eigenvalue weighted by Gasteiger charge is -2.39. The van der Waals surface area contributed by atoms with Crippen molar-refractivity contribution in [2.24, 2.45) is 5.41 Å². The molecule has 2 unspecified atom stereocenters. The molecule has 1 amide bonds. The minimum Gasteiger partial charge on any atom is -0.318 e.